The molecule has 0 radical (unpaired) electrons. The minimum Gasteiger partial charge on any atom is -0.462 e. The number of benzene rings is 1. The second-order valence-corrected chi connectivity index (χ2v) is 7.58. The fourth-order valence-electron chi connectivity index (χ4n) is 1.97. The van der Waals surface area contributed by atoms with Crippen molar-refractivity contribution in [1.29, 1.82) is 0 Å². The fraction of sp³-hybridized carbons (Fsp3) is 0.0667. The van der Waals surface area contributed by atoms with Crippen LogP contribution in [0.25, 0.3) is 10.8 Å². The zero-order chi connectivity index (χ0) is 16.4. The number of rotatable bonds is 4. The number of carbonyl (C=O) groups is 1. The Hall–Kier alpha value is -2.45. The summed E-state index contributed by atoms with van der Waals surface area (Å²) >= 11 is 1.27. The largest absolute Gasteiger partial charge is 0.462 e. The van der Waals surface area contributed by atoms with E-state index in [1.807, 2.05) is 0 Å². The third-order valence-corrected chi connectivity index (χ3v) is 5.02. The average Bonchev–Trinajstić information content (AvgIpc) is 3.18. The molecule has 0 aliphatic rings. The highest BCUT2D eigenvalue weighted by Gasteiger charge is 2.17. The molecule has 0 aliphatic heterocycles. The number of sulfone groups is 1. The van der Waals surface area contributed by atoms with Gasteiger partial charge in [-0.1, -0.05) is 12.1 Å². The van der Waals surface area contributed by atoms with Crippen LogP contribution in [-0.4, -0.2) is 25.6 Å². The Kier molecular flexibility index (Phi) is 4.01. The topological polar surface area (TPSA) is 89.3 Å². The Labute approximate surface area is 136 Å². The maximum Gasteiger partial charge on any atom is 0.275 e. The summed E-state index contributed by atoms with van der Waals surface area (Å²) in [4.78, 5) is 16.6. The minimum atomic E-state index is -3.44. The standard InChI is InChI=1S/C15H12N2O4S2/c1-23(19,20)13-7-3-2-5-10(13)16-14(18)11-9-22-15(17-11)12-6-4-8-21-12/h2-9H,1H3,(H,16,18). The number of anilines is 1. The van der Waals surface area contributed by atoms with E-state index >= 15 is 0 Å². The normalized spacial score (nSPS) is 11.3. The lowest BCUT2D eigenvalue weighted by molar-refractivity contribution is 0.102. The molecule has 2 heterocycles. The number of carbonyl (C=O) groups excluding carboxylic acids is 1. The summed E-state index contributed by atoms with van der Waals surface area (Å²) in [5.74, 6) is 0.0979. The number of hydrogen-bond donors (Lipinski definition) is 1. The van der Waals surface area contributed by atoms with E-state index in [4.69, 9.17) is 4.42 Å². The van der Waals surface area contributed by atoms with E-state index in [-0.39, 0.29) is 16.3 Å². The lowest BCUT2D eigenvalue weighted by atomic mass is 10.3. The molecular weight excluding hydrogens is 336 g/mol. The van der Waals surface area contributed by atoms with Crippen molar-refractivity contribution in [1.82, 2.24) is 4.98 Å². The molecule has 2 aromatic heterocycles. The number of furan rings is 1. The van der Waals surface area contributed by atoms with Crippen molar-refractivity contribution in [3.63, 3.8) is 0 Å². The molecule has 0 spiro atoms. The number of nitrogens with zero attached hydrogens (tertiary/aromatic N) is 1. The second-order valence-electron chi connectivity index (χ2n) is 4.74. The van der Waals surface area contributed by atoms with Crippen molar-refractivity contribution < 1.29 is 17.6 Å². The first-order chi connectivity index (χ1) is 10.9. The van der Waals surface area contributed by atoms with Crippen LogP contribution >= 0.6 is 11.3 Å². The molecule has 3 aromatic rings. The number of aromatic nitrogens is 1. The van der Waals surface area contributed by atoms with Crippen molar-refractivity contribution in [3.05, 3.63) is 53.7 Å². The zero-order valence-electron chi connectivity index (χ0n) is 12.0. The van der Waals surface area contributed by atoms with E-state index < -0.39 is 15.7 Å². The molecule has 0 unspecified atom stereocenters. The minimum absolute atomic E-state index is 0.0647. The Balaban J connectivity index is 1.86. The lowest BCUT2D eigenvalue weighted by Gasteiger charge is -2.08. The number of nitrogens with one attached hydrogen (secondary N) is 1. The average molecular weight is 348 g/mol. The predicted molar refractivity (Wildman–Crippen MR) is 87.3 cm³/mol. The summed E-state index contributed by atoms with van der Waals surface area (Å²) in [6.07, 6.45) is 2.62. The van der Waals surface area contributed by atoms with Gasteiger partial charge in [0, 0.05) is 11.6 Å². The summed E-state index contributed by atoms with van der Waals surface area (Å²) in [5.41, 5.74) is 0.428. The van der Waals surface area contributed by atoms with Gasteiger partial charge in [-0.05, 0) is 24.3 Å². The molecule has 0 aliphatic carbocycles. The molecule has 23 heavy (non-hydrogen) atoms. The van der Waals surface area contributed by atoms with E-state index in [0.29, 0.717) is 10.8 Å². The van der Waals surface area contributed by atoms with Crippen LogP contribution in [0.3, 0.4) is 0 Å². The van der Waals surface area contributed by atoms with Gasteiger partial charge >= 0.3 is 0 Å². The molecule has 6 nitrogen and oxygen atoms in total. The first kappa shape index (κ1) is 15.4. The molecule has 0 saturated heterocycles. The molecule has 0 bridgehead atoms. The summed E-state index contributed by atoms with van der Waals surface area (Å²) < 4.78 is 28.7. The van der Waals surface area contributed by atoms with Gasteiger partial charge in [0.05, 0.1) is 16.8 Å². The highest BCUT2D eigenvalue weighted by molar-refractivity contribution is 7.90. The third kappa shape index (κ3) is 3.33. The quantitative estimate of drug-likeness (QED) is 0.783. The van der Waals surface area contributed by atoms with Gasteiger partial charge in [-0.25, -0.2) is 13.4 Å². The van der Waals surface area contributed by atoms with Crippen LogP contribution in [0.15, 0.2) is 57.4 Å². The molecule has 118 valence electrons. The zero-order valence-corrected chi connectivity index (χ0v) is 13.6. The SMILES string of the molecule is CS(=O)(=O)c1ccccc1NC(=O)c1csc(-c2ccco2)n1. The fourth-order valence-corrected chi connectivity index (χ4v) is 3.58. The highest BCUT2D eigenvalue weighted by Crippen LogP contribution is 2.25. The van der Waals surface area contributed by atoms with Crippen molar-refractivity contribution in [2.75, 3.05) is 11.6 Å². The van der Waals surface area contributed by atoms with Gasteiger partial charge < -0.3 is 9.73 Å². The number of amides is 1. The predicted octanol–water partition coefficient (Wildman–Crippen LogP) is 3.06. The Morgan fingerprint density at radius 1 is 1.22 bits per heavy atom. The van der Waals surface area contributed by atoms with Crippen LogP contribution in [0.4, 0.5) is 5.69 Å². The number of para-hydroxylation sites is 1. The van der Waals surface area contributed by atoms with Crippen molar-refractivity contribution >= 4 is 32.8 Å². The monoisotopic (exact) mass is 348 g/mol. The third-order valence-electron chi connectivity index (χ3n) is 3.00. The molecule has 8 heteroatoms. The molecule has 3 rings (SSSR count). The Morgan fingerprint density at radius 2 is 2.00 bits per heavy atom. The van der Waals surface area contributed by atoms with Crippen LogP contribution in [0.5, 0.6) is 0 Å². The molecule has 1 amide bonds. The van der Waals surface area contributed by atoms with Gasteiger partial charge in [0.15, 0.2) is 20.6 Å². The lowest BCUT2D eigenvalue weighted by Crippen LogP contribution is -2.14. The summed E-state index contributed by atoms with van der Waals surface area (Å²) in [5, 5.41) is 4.76. The molecule has 1 N–H and O–H groups in total. The molecule has 1 aromatic carbocycles. The van der Waals surface area contributed by atoms with E-state index in [9.17, 15) is 13.2 Å². The van der Waals surface area contributed by atoms with Crippen LogP contribution in [0.1, 0.15) is 10.5 Å². The molecule has 0 fully saturated rings. The van der Waals surface area contributed by atoms with E-state index in [0.717, 1.165) is 6.26 Å². The molecular formula is C15H12N2O4S2. The summed E-state index contributed by atoms with van der Waals surface area (Å²) in [6.45, 7) is 0. The van der Waals surface area contributed by atoms with Gasteiger partial charge in [0.25, 0.3) is 5.91 Å². The Bertz CT molecular complexity index is 944. The van der Waals surface area contributed by atoms with Gasteiger partial charge in [0.1, 0.15) is 5.69 Å². The molecule has 0 atom stereocenters. The smallest absolute Gasteiger partial charge is 0.275 e. The van der Waals surface area contributed by atoms with Crippen LogP contribution in [0.2, 0.25) is 0 Å². The van der Waals surface area contributed by atoms with Crippen LogP contribution in [-0.2, 0) is 9.84 Å². The van der Waals surface area contributed by atoms with Crippen LogP contribution < -0.4 is 5.32 Å². The van der Waals surface area contributed by atoms with Gasteiger partial charge in [0.2, 0.25) is 0 Å². The summed E-state index contributed by atoms with van der Waals surface area (Å²) in [6, 6.07) is 9.72. The summed E-state index contributed by atoms with van der Waals surface area (Å²) in [7, 11) is -3.44. The van der Waals surface area contributed by atoms with E-state index in [2.05, 4.69) is 10.3 Å². The van der Waals surface area contributed by atoms with Crippen LogP contribution in [0, 0.1) is 0 Å². The van der Waals surface area contributed by atoms with Crippen molar-refractivity contribution in [2.24, 2.45) is 0 Å². The van der Waals surface area contributed by atoms with E-state index in [1.54, 1.807) is 29.6 Å². The maximum atomic E-state index is 12.3. The second kappa shape index (κ2) is 5.98. The van der Waals surface area contributed by atoms with Crippen molar-refractivity contribution in [3.8, 4) is 10.8 Å². The number of hydrogen-bond acceptors (Lipinski definition) is 6. The van der Waals surface area contributed by atoms with Gasteiger partial charge in [-0.2, -0.15) is 0 Å². The Morgan fingerprint density at radius 3 is 2.70 bits per heavy atom. The van der Waals surface area contributed by atoms with Gasteiger partial charge in [-0.15, -0.1) is 11.3 Å². The first-order valence-corrected chi connectivity index (χ1v) is 9.32. The molecule has 0 saturated carbocycles. The van der Waals surface area contributed by atoms with Crippen molar-refractivity contribution in [2.45, 2.75) is 4.90 Å². The number of thiazole rings is 1. The first-order valence-electron chi connectivity index (χ1n) is 6.55. The van der Waals surface area contributed by atoms with Gasteiger partial charge in [-0.3, -0.25) is 4.79 Å². The highest BCUT2D eigenvalue weighted by atomic mass is 32.2. The van der Waals surface area contributed by atoms with E-state index in [1.165, 1.54) is 29.7 Å². The maximum absolute atomic E-state index is 12.3.